The summed E-state index contributed by atoms with van der Waals surface area (Å²) in [7, 11) is 0. The lowest BCUT2D eigenvalue weighted by Gasteiger charge is -2.33. The van der Waals surface area contributed by atoms with Gasteiger partial charge in [0.2, 0.25) is 0 Å². The molecule has 1 aromatic heterocycles. The second-order valence-electron chi connectivity index (χ2n) is 7.30. The average molecular weight is 360 g/mol. The molecule has 0 unspecified atom stereocenters. The van der Waals surface area contributed by atoms with Crippen LogP contribution < -0.4 is 0 Å². The van der Waals surface area contributed by atoms with Gasteiger partial charge in [-0.1, -0.05) is 18.2 Å². The zero-order chi connectivity index (χ0) is 18.0. The van der Waals surface area contributed by atoms with Crippen LogP contribution in [0.15, 0.2) is 30.3 Å². The normalized spacial score (nSPS) is 16.0. The first-order chi connectivity index (χ1) is 11.8. The lowest BCUT2D eigenvalue weighted by Crippen LogP contribution is -2.41. The molecule has 0 radical (unpaired) electrons. The number of ether oxygens (including phenoxy) is 1. The van der Waals surface area contributed by atoms with E-state index >= 15 is 0 Å². The minimum absolute atomic E-state index is 0.243. The number of amides is 1. The lowest BCUT2D eigenvalue weighted by molar-refractivity contribution is 0.0203. The fourth-order valence-electron chi connectivity index (χ4n) is 3.06. The minimum Gasteiger partial charge on any atom is -0.444 e. The number of rotatable bonds is 2. The van der Waals surface area contributed by atoms with Gasteiger partial charge in [-0.25, -0.2) is 4.79 Å². The molecule has 6 nitrogen and oxygen atoms in total. The maximum Gasteiger partial charge on any atom is 0.410 e. The number of piperidine rings is 1. The standard InChI is InChI=1S/C18H24N4O2S/c1-18(2,3)24-17(23)21-11-9-13(10-12-21)15-19-20-16(25)22(15)14-7-5-4-6-8-14/h4-8,13H,9-12H2,1-3H3,(H,20,25). The maximum atomic E-state index is 12.2. The highest BCUT2D eigenvalue weighted by molar-refractivity contribution is 7.71. The fourth-order valence-corrected chi connectivity index (χ4v) is 3.30. The molecule has 0 aliphatic carbocycles. The van der Waals surface area contributed by atoms with Crippen molar-refractivity contribution < 1.29 is 9.53 Å². The molecule has 1 N–H and O–H groups in total. The van der Waals surface area contributed by atoms with Crippen molar-refractivity contribution in [1.82, 2.24) is 19.7 Å². The maximum absolute atomic E-state index is 12.2. The number of hydrogen-bond acceptors (Lipinski definition) is 4. The van der Waals surface area contributed by atoms with Gasteiger partial charge in [0.15, 0.2) is 4.77 Å². The van der Waals surface area contributed by atoms with Crippen molar-refractivity contribution in [2.75, 3.05) is 13.1 Å². The van der Waals surface area contributed by atoms with E-state index in [1.165, 1.54) is 0 Å². The Bertz CT molecular complexity index is 783. The van der Waals surface area contributed by atoms with E-state index < -0.39 is 5.60 Å². The molecular weight excluding hydrogens is 336 g/mol. The predicted molar refractivity (Wildman–Crippen MR) is 98.5 cm³/mol. The van der Waals surface area contributed by atoms with E-state index in [-0.39, 0.29) is 12.0 Å². The van der Waals surface area contributed by atoms with Crippen LogP contribution in [0.25, 0.3) is 5.69 Å². The summed E-state index contributed by atoms with van der Waals surface area (Å²) in [5.74, 6) is 1.19. The number of nitrogens with one attached hydrogen (secondary N) is 1. The number of likely N-dealkylation sites (tertiary alicyclic amines) is 1. The van der Waals surface area contributed by atoms with Crippen molar-refractivity contribution in [2.24, 2.45) is 0 Å². The van der Waals surface area contributed by atoms with Gasteiger partial charge in [0.05, 0.1) is 0 Å². The highest BCUT2D eigenvalue weighted by Crippen LogP contribution is 2.29. The molecule has 1 aliphatic heterocycles. The molecule has 1 aromatic carbocycles. The van der Waals surface area contributed by atoms with Gasteiger partial charge in [0.1, 0.15) is 11.4 Å². The Kier molecular flexibility index (Phi) is 4.94. The molecule has 1 saturated heterocycles. The zero-order valence-corrected chi connectivity index (χ0v) is 15.7. The number of aromatic nitrogens is 3. The summed E-state index contributed by atoms with van der Waals surface area (Å²) in [6, 6.07) is 9.99. The van der Waals surface area contributed by atoms with Crippen molar-refractivity contribution in [1.29, 1.82) is 0 Å². The molecule has 2 heterocycles. The van der Waals surface area contributed by atoms with Gasteiger partial charge in [-0.2, -0.15) is 5.10 Å². The quantitative estimate of drug-likeness (QED) is 0.821. The highest BCUT2D eigenvalue weighted by atomic mass is 32.1. The van der Waals surface area contributed by atoms with Gasteiger partial charge in [-0.15, -0.1) is 0 Å². The molecule has 134 valence electrons. The Morgan fingerprint density at radius 1 is 1.24 bits per heavy atom. The van der Waals surface area contributed by atoms with Crippen LogP contribution in [0, 0.1) is 4.77 Å². The molecule has 0 spiro atoms. The van der Waals surface area contributed by atoms with E-state index in [1.54, 1.807) is 4.90 Å². The van der Waals surface area contributed by atoms with Gasteiger partial charge in [0, 0.05) is 24.7 Å². The molecule has 3 rings (SSSR count). The third kappa shape index (κ3) is 4.10. The third-order valence-electron chi connectivity index (χ3n) is 4.22. The Labute approximate surface area is 152 Å². The monoisotopic (exact) mass is 360 g/mol. The van der Waals surface area contributed by atoms with Gasteiger partial charge in [0.25, 0.3) is 0 Å². The number of H-pyrrole nitrogens is 1. The van der Waals surface area contributed by atoms with Crippen molar-refractivity contribution in [3.63, 3.8) is 0 Å². The number of carbonyl (C=O) groups is 1. The molecule has 0 saturated carbocycles. The van der Waals surface area contributed by atoms with E-state index in [0.29, 0.717) is 17.9 Å². The van der Waals surface area contributed by atoms with E-state index in [2.05, 4.69) is 10.2 Å². The molecular formula is C18H24N4O2S. The fraction of sp³-hybridized carbons (Fsp3) is 0.500. The molecule has 0 bridgehead atoms. The van der Waals surface area contributed by atoms with Gasteiger partial charge in [-0.3, -0.25) is 9.67 Å². The van der Waals surface area contributed by atoms with Crippen LogP contribution in [0.2, 0.25) is 0 Å². The molecule has 1 fully saturated rings. The first-order valence-electron chi connectivity index (χ1n) is 8.56. The molecule has 25 heavy (non-hydrogen) atoms. The van der Waals surface area contributed by atoms with Crippen LogP contribution in [0.1, 0.15) is 45.4 Å². The summed E-state index contributed by atoms with van der Waals surface area (Å²) in [6.07, 6.45) is 1.44. The number of nitrogens with zero attached hydrogens (tertiary/aromatic N) is 3. The second-order valence-corrected chi connectivity index (χ2v) is 7.69. The van der Waals surface area contributed by atoms with Crippen LogP contribution in [0.3, 0.4) is 0 Å². The molecule has 2 aromatic rings. The average Bonchev–Trinajstić information content (AvgIpc) is 2.96. The zero-order valence-electron chi connectivity index (χ0n) is 14.9. The van der Waals surface area contributed by atoms with E-state index in [4.69, 9.17) is 17.0 Å². The van der Waals surface area contributed by atoms with Gasteiger partial charge in [-0.05, 0) is 58.0 Å². The minimum atomic E-state index is -0.469. The van der Waals surface area contributed by atoms with Crippen LogP contribution >= 0.6 is 12.2 Å². The Balaban J connectivity index is 1.72. The Morgan fingerprint density at radius 2 is 1.88 bits per heavy atom. The molecule has 1 amide bonds. The summed E-state index contributed by atoms with van der Waals surface area (Å²) in [5, 5.41) is 7.36. The highest BCUT2D eigenvalue weighted by Gasteiger charge is 2.29. The first kappa shape index (κ1) is 17.7. The topological polar surface area (TPSA) is 63.1 Å². The Morgan fingerprint density at radius 3 is 2.48 bits per heavy atom. The summed E-state index contributed by atoms with van der Waals surface area (Å²) < 4.78 is 8.04. The summed E-state index contributed by atoms with van der Waals surface area (Å²) in [5.41, 5.74) is 0.537. The number of carbonyl (C=O) groups excluding carboxylic acids is 1. The van der Waals surface area contributed by atoms with Gasteiger partial charge < -0.3 is 9.64 Å². The van der Waals surface area contributed by atoms with Crippen LogP contribution in [0.4, 0.5) is 4.79 Å². The molecule has 1 aliphatic rings. The van der Waals surface area contributed by atoms with Gasteiger partial charge >= 0.3 is 6.09 Å². The smallest absolute Gasteiger partial charge is 0.410 e. The predicted octanol–water partition coefficient (Wildman–Crippen LogP) is 4.04. The third-order valence-corrected chi connectivity index (χ3v) is 4.50. The largest absolute Gasteiger partial charge is 0.444 e. The van der Waals surface area contributed by atoms with E-state index in [0.717, 1.165) is 24.4 Å². The van der Waals surface area contributed by atoms with Crippen molar-refractivity contribution in [2.45, 2.75) is 45.1 Å². The molecule has 0 atom stereocenters. The first-order valence-corrected chi connectivity index (χ1v) is 8.96. The second kappa shape index (κ2) is 7.00. The number of benzene rings is 1. The van der Waals surface area contributed by atoms with E-state index in [1.807, 2.05) is 55.7 Å². The van der Waals surface area contributed by atoms with Crippen molar-refractivity contribution >= 4 is 18.3 Å². The lowest BCUT2D eigenvalue weighted by atomic mass is 9.96. The van der Waals surface area contributed by atoms with Crippen LogP contribution in [0.5, 0.6) is 0 Å². The number of para-hydroxylation sites is 1. The molecule has 7 heteroatoms. The van der Waals surface area contributed by atoms with Crippen LogP contribution in [-0.4, -0.2) is 44.4 Å². The van der Waals surface area contributed by atoms with E-state index in [9.17, 15) is 4.79 Å². The van der Waals surface area contributed by atoms with Crippen LogP contribution in [-0.2, 0) is 4.74 Å². The summed E-state index contributed by atoms with van der Waals surface area (Å²) in [6.45, 7) is 6.97. The SMILES string of the molecule is CC(C)(C)OC(=O)N1CCC(c2n[nH]c(=S)n2-c2ccccc2)CC1. The van der Waals surface area contributed by atoms with Crippen molar-refractivity contribution in [3.05, 3.63) is 40.9 Å². The number of hydrogen-bond donors (Lipinski definition) is 1. The Hall–Kier alpha value is -2.15. The summed E-state index contributed by atoms with van der Waals surface area (Å²) >= 11 is 5.41. The summed E-state index contributed by atoms with van der Waals surface area (Å²) in [4.78, 5) is 14.0. The number of aromatic amines is 1. The van der Waals surface area contributed by atoms with Crippen molar-refractivity contribution in [3.8, 4) is 5.69 Å².